The topological polar surface area (TPSA) is 72.9 Å². The third-order valence-corrected chi connectivity index (χ3v) is 4.58. The van der Waals surface area contributed by atoms with E-state index in [2.05, 4.69) is 22.5 Å². The molecule has 0 aliphatic heterocycles. The Morgan fingerprint density at radius 1 is 1.35 bits per heavy atom. The van der Waals surface area contributed by atoms with Gasteiger partial charge in [-0.05, 0) is 18.6 Å². The number of hydrogen-bond acceptors (Lipinski definition) is 4. The number of thiophene rings is 1. The van der Waals surface area contributed by atoms with Crippen LogP contribution >= 0.6 is 23.7 Å². The summed E-state index contributed by atoms with van der Waals surface area (Å²) in [5.41, 5.74) is 7.55. The number of nitrogens with two attached hydrogens (primary N) is 1. The molecule has 23 heavy (non-hydrogen) atoms. The van der Waals surface area contributed by atoms with Gasteiger partial charge in [0.2, 0.25) is 0 Å². The normalized spacial score (nSPS) is 10.5. The summed E-state index contributed by atoms with van der Waals surface area (Å²) >= 11 is 1.47. The molecule has 1 aromatic carbocycles. The van der Waals surface area contributed by atoms with E-state index in [1.165, 1.54) is 16.9 Å². The van der Waals surface area contributed by atoms with E-state index in [0.717, 1.165) is 15.9 Å². The first-order chi connectivity index (χ1) is 10.7. The molecule has 0 saturated heterocycles. The number of halogens is 1. The van der Waals surface area contributed by atoms with Crippen molar-refractivity contribution in [2.24, 2.45) is 5.73 Å². The van der Waals surface area contributed by atoms with Crippen molar-refractivity contribution in [3.05, 3.63) is 52.5 Å². The number of amides is 1. The van der Waals surface area contributed by atoms with Gasteiger partial charge in [-0.1, -0.05) is 30.3 Å². The lowest BCUT2D eigenvalue weighted by Crippen LogP contribution is -2.28. The molecule has 2 aromatic heterocycles. The summed E-state index contributed by atoms with van der Waals surface area (Å²) in [4.78, 5) is 13.8. The van der Waals surface area contributed by atoms with E-state index in [-0.39, 0.29) is 18.3 Å². The highest BCUT2D eigenvalue weighted by atomic mass is 35.5. The SMILES string of the molecule is Cc1nn(Cc2ccccc2)c2sc(C(=O)NCCN)cc12.Cl. The molecule has 3 rings (SSSR count). The van der Waals surface area contributed by atoms with E-state index in [9.17, 15) is 4.79 Å². The van der Waals surface area contributed by atoms with Crippen molar-refractivity contribution in [1.82, 2.24) is 15.1 Å². The molecule has 0 spiro atoms. The molecule has 0 radical (unpaired) electrons. The smallest absolute Gasteiger partial charge is 0.261 e. The van der Waals surface area contributed by atoms with Crippen LogP contribution in [0.1, 0.15) is 20.9 Å². The molecule has 0 atom stereocenters. The Hall–Kier alpha value is -1.89. The lowest BCUT2D eigenvalue weighted by Gasteiger charge is -2.02. The number of fused-ring (bicyclic) bond motifs is 1. The Kier molecular flexibility index (Phi) is 5.76. The molecule has 0 saturated carbocycles. The fourth-order valence-corrected chi connectivity index (χ4v) is 3.44. The second-order valence-electron chi connectivity index (χ2n) is 5.10. The number of aromatic nitrogens is 2. The van der Waals surface area contributed by atoms with Gasteiger partial charge in [0.15, 0.2) is 0 Å². The van der Waals surface area contributed by atoms with Crippen molar-refractivity contribution in [2.45, 2.75) is 13.5 Å². The van der Waals surface area contributed by atoms with Crippen LogP contribution in [0.5, 0.6) is 0 Å². The van der Waals surface area contributed by atoms with E-state index in [1.54, 1.807) is 0 Å². The average Bonchev–Trinajstić information content (AvgIpc) is 3.08. The minimum absolute atomic E-state index is 0. The van der Waals surface area contributed by atoms with E-state index in [0.29, 0.717) is 24.5 Å². The van der Waals surface area contributed by atoms with Gasteiger partial charge in [0.05, 0.1) is 17.1 Å². The van der Waals surface area contributed by atoms with Crippen LogP contribution in [-0.4, -0.2) is 28.8 Å². The Morgan fingerprint density at radius 3 is 2.78 bits per heavy atom. The van der Waals surface area contributed by atoms with Crippen LogP contribution in [0.3, 0.4) is 0 Å². The number of rotatable bonds is 5. The van der Waals surface area contributed by atoms with E-state index < -0.39 is 0 Å². The molecule has 3 aromatic rings. The Labute approximate surface area is 144 Å². The fourth-order valence-electron chi connectivity index (χ4n) is 2.36. The maximum Gasteiger partial charge on any atom is 0.261 e. The maximum absolute atomic E-state index is 12.1. The van der Waals surface area contributed by atoms with Gasteiger partial charge in [-0.3, -0.25) is 9.48 Å². The van der Waals surface area contributed by atoms with Crippen LogP contribution in [0.2, 0.25) is 0 Å². The predicted molar refractivity (Wildman–Crippen MR) is 96.5 cm³/mol. The lowest BCUT2D eigenvalue weighted by atomic mass is 10.2. The van der Waals surface area contributed by atoms with Gasteiger partial charge in [0.1, 0.15) is 4.83 Å². The van der Waals surface area contributed by atoms with Crippen molar-refractivity contribution < 1.29 is 4.79 Å². The quantitative estimate of drug-likeness (QED) is 0.742. The second kappa shape index (κ2) is 7.59. The zero-order valence-electron chi connectivity index (χ0n) is 12.8. The summed E-state index contributed by atoms with van der Waals surface area (Å²) in [5, 5.41) is 8.43. The second-order valence-corrected chi connectivity index (χ2v) is 6.13. The summed E-state index contributed by atoms with van der Waals surface area (Å²) < 4.78 is 1.96. The standard InChI is InChI=1S/C16H18N4OS.ClH/c1-11-13-9-14(15(21)18-8-7-17)22-16(13)20(19-11)10-12-5-3-2-4-6-12;/h2-6,9H,7-8,10,17H2,1H3,(H,18,21);1H. The Balaban J connectivity index is 0.00000192. The van der Waals surface area contributed by atoms with Crippen LogP contribution in [-0.2, 0) is 6.54 Å². The van der Waals surface area contributed by atoms with Crippen LogP contribution in [0.15, 0.2) is 36.4 Å². The van der Waals surface area contributed by atoms with E-state index >= 15 is 0 Å². The minimum Gasteiger partial charge on any atom is -0.350 e. The highest BCUT2D eigenvalue weighted by Gasteiger charge is 2.16. The molecule has 0 aliphatic carbocycles. The average molecular weight is 351 g/mol. The molecular weight excluding hydrogens is 332 g/mol. The summed E-state index contributed by atoms with van der Waals surface area (Å²) in [6.45, 7) is 3.60. The van der Waals surface area contributed by atoms with Crippen molar-refractivity contribution >= 4 is 39.9 Å². The molecule has 5 nitrogen and oxygen atoms in total. The minimum atomic E-state index is -0.0719. The summed E-state index contributed by atoms with van der Waals surface area (Å²) in [5.74, 6) is -0.0719. The first kappa shape index (κ1) is 17.5. The number of carbonyl (C=O) groups excluding carboxylic acids is 1. The van der Waals surface area contributed by atoms with Gasteiger partial charge in [0.25, 0.3) is 5.91 Å². The molecule has 3 N–H and O–H groups in total. The molecule has 122 valence electrons. The highest BCUT2D eigenvalue weighted by molar-refractivity contribution is 7.20. The predicted octanol–water partition coefficient (Wildman–Crippen LogP) is 2.56. The third-order valence-electron chi connectivity index (χ3n) is 3.44. The van der Waals surface area contributed by atoms with Gasteiger partial charge in [0, 0.05) is 18.5 Å². The molecule has 0 unspecified atom stereocenters. The van der Waals surface area contributed by atoms with Gasteiger partial charge in [-0.15, -0.1) is 23.7 Å². The van der Waals surface area contributed by atoms with Crippen LogP contribution in [0, 0.1) is 6.92 Å². The lowest BCUT2D eigenvalue weighted by molar-refractivity contribution is 0.0959. The van der Waals surface area contributed by atoms with Crippen molar-refractivity contribution in [3.8, 4) is 0 Å². The summed E-state index contributed by atoms with van der Waals surface area (Å²) in [7, 11) is 0. The Bertz CT molecular complexity index is 797. The molecule has 2 heterocycles. The van der Waals surface area contributed by atoms with Crippen molar-refractivity contribution in [2.75, 3.05) is 13.1 Å². The van der Waals surface area contributed by atoms with Crippen molar-refractivity contribution in [1.29, 1.82) is 0 Å². The number of nitrogens with zero attached hydrogens (tertiary/aromatic N) is 2. The monoisotopic (exact) mass is 350 g/mol. The highest BCUT2D eigenvalue weighted by Crippen LogP contribution is 2.28. The molecule has 0 bridgehead atoms. The van der Waals surface area contributed by atoms with E-state index in [1.807, 2.05) is 35.9 Å². The fraction of sp³-hybridized carbons (Fsp3) is 0.250. The number of aryl methyl sites for hydroxylation is 1. The largest absolute Gasteiger partial charge is 0.350 e. The van der Waals surface area contributed by atoms with Gasteiger partial charge < -0.3 is 11.1 Å². The van der Waals surface area contributed by atoms with Crippen LogP contribution < -0.4 is 11.1 Å². The van der Waals surface area contributed by atoms with Crippen LogP contribution in [0.25, 0.3) is 10.2 Å². The summed E-state index contributed by atoms with van der Waals surface area (Å²) in [6, 6.07) is 12.1. The zero-order chi connectivity index (χ0) is 15.5. The third kappa shape index (κ3) is 3.72. The first-order valence-electron chi connectivity index (χ1n) is 7.18. The molecular formula is C16H19ClN4OS. The first-order valence-corrected chi connectivity index (χ1v) is 8.00. The molecule has 0 fully saturated rings. The van der Waals surface area contributed by atoms with Gasteiger partial charge in [-0.2, -0.15) is 5.10 Å². The number of nitrogens with one attached hydrogen (secondary N) is 1. The van der Waals surface area contributed by atoms with Gasteiger partial charge >= 0.3 is 0 Å². The number of benzene rings is 1. The molecule has 7 heteroatoms. The van der Waals surface area contributed by atoms with E-state index in [4.69, 9.17) is 5.73 Å². The van der Waals surface area contributed by atoms with Crippen LogP contribution in [0.4, 0.5) is 0 Å². The molecule has 0 aliphatic rings. The number of hydrogen-bond donors (Lipinski definition) is 2. The summed E-state index contributed by atoms with van der Waals surface area (Å²) in [6.07, 6.45) is 0. The molecule has 1 amide bonds. The number of carbonyl (C=O) groups is 1. The maximum atomic E-state index is 12.1. The Morgan fingerprint density at radius 2 is 2.09 bits per heavy atom. The van der Waals surface area contributed by atoms with Gasteiger partial charge in [-0.25, -0.2) is 0 Å². The zero-order valence-corrected chi connectivity index (χ0v) is 14.4. The van der Waals surface area contributed by atoms with Crippen molar-refractivity contribution in [3.63, 3.8) is 0 Å².